The van der Waals surface area contributed by atoms with Crippen LogP contribution < -0.4 is 16.0 Å². The monoisotopic (exact) mass is 787 g/mol. The van der Waals surface area contributed by atoms with Crippen LogP contribution in [0.2, 0.25) is 18.6 Å². The van der Waals surface area contributed by atoms with E-state index in [-0.39, 0.29) is 47.9 Å². The fraction of sp³-hybridized carbons (Fsp3) is 0.644. The summed E-state index contributed by atoms with van der Waals surface area (Å²) in [5.41, 5.74) is 2.85. The largest absolute Gasteiger partial charge is 0.413 e. The molecule has 2 fully saturated rings. The Labute approximate surface area is 337 Å². The number of amides is 3. The first-order valence-corrected chi connectivity index (χ1v) is 24.3. The molecule has 3 amide bonds. The van der Waals surface area contributed by atoms with Crippen LogP contribution in [0.15, 0.2) is 54.6 Å². The summed E-state index contributed by atoms with van der Waals surface area (Å²) in [4.78, 5) is 52.9. The zero-order valence-corrected chi connectivity index (χ0v) is 36.6. The molecule has 1 saturated carbocycles. The molecule has 0 radical (unpaired) electrons. The molecule has 0 spiro atoms. The van der Waals surface area contributed by atoms with E-state index in [0.29, 0.717) is 42.6 Å². The van der Waals surface area contributed by atoms with Crippen LogP contribution in [-0.4, -0.2) is 77.7 Å². The molecule has 4 N–H and O–H groups in total. The highest BCUT2D eigenvalue weighted by Gasteiger charge is 2.43. The van der Waals surface area contributed by atoms with Gasteiger partial charge in [-0.05, 0) is 101 Å². The van der Waals surface area contributed by atoms with Gasteiger partial charge >= 0.3 is 0 Å². The average Bonchev–Trinajstić information content (AvgIpc) is 3.57. The number of para-hydroxylation sites is 2. The number of hydrogen-bond donors (Lipinski definition) is 4. The van der Waals surface area contributed by atoms with Gasteiger partial charge in [0.1, 0.15) is 11.9 Å². The summed E-state index contributed by atoms with van der Waals surface area (Å²) in [6.07, 6.45) is 7.17. The number of rotatable bonds is 17. The molecule has 11 heteroatoms. The maximum absolute atomic E-state index is 14.7. The molecule has 7 atom stereocenters. The van der Waals surface area contributed by atoms with Crippen LogP contribution in [0.3, 0.4) is 0 Å². The van der Waals surface area contributed by atoms with Gasteiger partial charge in [0.2, 0.25) is 17.7 Å². The summed E-state index contributed by atoms with van der Waals surface area (Å²) < 4.78 is 7.21. The van der Waals surface area contributed by atoms with Crippen molar-refractivity contribution >= 4 is 37.1 Å². The van der Waals surface area contributed by atoms with Gasteiger partial charge in [-0.3, -0.25) is 19.3 Å². The highest BCUT2D eigenvalue weighted by Crippen LogP contribution is 2.39. The average molecular weight is 787 g/mol. The number of carbonyl (C=O) groups excluding carboxylic acids is 3. The van der Waals surface area contributed by atoms with E-state index in [1.165, 1.54) is 25.7 Å². The molecule has 1 saturated heterocycles. The Morgan fingerprint density at radius 1 is 0.964 bits per heavy atom. The number of benzene rings is 2. The van der Waals surface area contributed by atoms with Crippen LogP contribution >= 0.6 is 0 Å². The molecule has 2 heterocycles. The first-order valence-electron chi connectivity index (χ1n) is 21.3. The Kier molecular flexibility index (Phi) is 15.0. The van der Waals surface area contributed by atoms with E-state index in [2.05, 4.69) is 69.9 Å². The molecule has 2 aliphatic rings. The molecule has 3 aromatic rings. The Morgan fingerprint density at radius 3 is 2.30 bits per heavy atom. The summed E-state index contributed by atoms with van der Waals surface area (Å²) in [5, 5.41) is 9.58. The van der Waals surface area contributed by atoms with E-state index in [1.807, 2.05) is 77.1 Å². The van der Waals surface area contributed by atoms with Gasteiger partial charge in [-0.25, -0.2) is 4.98 Å². The highest BCUT2D eigenvalue weighted by molar-refractivity contribution is 6.72. The SMILES string of the molecule is CC[C@H](C)[C@H](NC(=O)[C@H](Cc1ccccc1)C[C@H](CN1C[C@H]2CCCC[C@H]2C[C@H]1C(=O)NC(C)(C)C)O[Si](C)(C)C(C)C)C(=O)NCc1nc2ccccc2[nH]1. The van der Waals surface area contributed by atoms with E-state index in [0.717, 1.165) is 36.0 Å². The molecule has 308 valence electrons. The lowest BCUT2D eigenvalue weighted by atomic mass is 9.72. The number of nitrogens with one attached hydrogen (secondary N) is 4. The van der Waals surface area contributed by atoms with Gasteiger partial charge in [0.15, 0.2) is 8.32 Å². The van der Waals surface area contributed by atoms with Gasteiger partial charge in [-0.2, -0.15) is 0 Å². The Morgan fingerprint density at radius 2 is 1.64 bits per heavy atom. The van der Waals surface area contributed by atoms with E-state index in [9.17, 15) is 14.4 Å². The number of aromatic nitrogens is 2. The number of imidazole rings is 1. The van der Waals surface area contributed by atoms with Crippen LogP contribution in [0, 0.1) is 23.7 Å². The minimum Gasteiger partial charge on any atom is -0.413 e. The lowest BCUT2D eigenvalue weighted by Gasteiger charge is -2.47. The van der Waals surface area contributed by atoms with Gasteiger partial charge in [-0.15, -0.1) is 0 Å². The predicted octanol–water partition coefficient (Wildman–Crippen LogP) is 7.75. The molecule has 1 aromatic heterocycles. The quantitative estimate of drug-likeness (QED) is 0.104. The Balaban J connectivity index is 1.40. The lowest BCUT2D eigenvalue weighted by Crippen LogP contribution is -2.59. The van der Waals surface area contributed by atoms with E-state index in [1.54, 1.807) is 0 Å². The minimum absolute atomic E-state index is 0.0873. The first-order chi connectivity index (χ1) is 26.5. The summed E-state index contributed by atoms with van der Waals surface area (Å²) in [6.45, 7) is 20.9. The highest BCUT2D eigenvalue weighted by atomic mass is 28.4. The molecule has 0 bridgehead atoms. The second-order valence-corrected chi connectivity index (χ2v) is 23.3. The van der Waals surface area contributed by atoms with Crippen LogP contribution in [-0.2, 0) is 31.8 Å². The molecule has 56 heavy (non-hydrogen) atoms. The van der Waals surface area contributed by atoms with Crippen LogP contribution in [0.4, 0.5) is 0 Å². The maximum Gasteiger partial charge on any atom is 0.243 e. The Bertz CT molecular complexity index is 1710. The van der Waals surface area contributed by atoms with Crippen molar-refractivity contribution in [2.24, 2.45) is 23.7 Å². The van der Waals surface area contributed by atoms with Crippen molar-refractivity contribution < 1.29 is 18.8 Å². The third-order valence-corrected chi connectivity index (χ3v) is 16.2. The number of piperidine rings is 1. The topological polar surface area (TPSA) is 128 Å². The molecule has 1 aliphatic heterocycles. The van der Waals surface area contributed by atoms with Gasteiger partial charge in [0.05, 0.1) is 29.7 Å². The van der Waals surface area contributed by atoms with Crippen LogP contribution in [0.25, 0.3) is 11.0 Å². The fourth-order valence-electron chi connectivity index (χ4n) is 8.46. The number of carbonyl (C=O) groups is 3. The smallest absolute Gasteiger partial charge is 0.243 e. The summed E-state index contributed by atoms with van der Waals surface area (Å²) in [6, 6.07) is 17.0. The van der Waals surface area contributed by atoms with Crippen molar-refractivity contribution in [2.45, 2.75) is 149 Å². The van der Waals surface area contributed by atoms with Crippen molar-refractivity contribution in [1.29, 1.82) is 0 Å². The second kappa shape index (κ2) is 19.3. The molecular weight excluding hydrogens is 717 g/mol. The molecule has 10 nitrogen and oxygen atoms in total. The number of H-pyrrole nitrogens is 1. The maximum atomic E-state index is 14.7. The molecule has 5 rings (SSSR count). The molecular formula is C45H70N6O4Si. The van der Waals surface area contributed by atoms with Crippen molar-refractivity contribution in [3.05, 3.63) is 66.0 Å². The standard InChI is InChI=1S/C45H70N6O4Si/c1-10-31(4)41(44(54)46-27-40-47-37-22-16-17-23-38(37)48-40)49-42(52)35(24-32-18-12-11-13-19-32)25-36(55-56(8,9)30(2)3)29-51-28-34-21-15-14-20-33(34)26-39(51)43(53)50-45(5,6)7/h11-13,16-19,22-23,30-31,33-36,39,41H,10,14-15,20-21,24-29H2,1-9H3,(H,46,54)(H,47,48)(H,49,52)(H,50,53)/t31-,33-,34+,35+,36+,39-,41-/m0/s1. The number of hydrogen-bond acceptors (Lipinski definition) is 6. The van der Waals surface area contributed by atoms with E-state index in [4.69, 9.17) is 4.43 Å². The van der Waals surface area contributed by atoms with E-state index >= 15 is 0 Å². The third kappa shape index (κ3) is 12.0. The minimum atomic E-state index is -2.20. The van der Waals surface area contributed by atoms with Gasteiger partial charge in [0.25, 0.3) is 0 Å². The molecule has 2 aromatic carbocycles. The normalized spacial score (nSPS) is 21.5. The summed E-state index contributed by atoms with van der Waals surface area (Å²) in [7, 11) is -2.20. The van der Waals surface area contributed by atoms with E-state index < -0.39 is 20.3 Å². The van der Waals surface area contributed by atoms with Gasteiger partial charge < -0.3 is 25.4 Å². The zero-order valence-electron chi connectivity index (χ0n) is 35.6. The number of likely N-dealkylation sites (tertiary alicyclic amines) is 1. The van der Waals surface area contributed by atoms with Gasteiger partial charge in [0, 0.05) is 24.5 Å². The Hall–Kier alpha value is -3.54. The van der Waals surface area contributed by atoms with Crippen molar-refractivity contribution in [1.82, 2.24) is 30.8 Å². The van der Waals surface area contributed by atoms with Crippen molar-refractivity contribution in [3.63, 3.8) is 0 Å². The summed E-state index contributed by atoms with van der Waals surface area (Å²) >= 11 is 0. The number of nitrogens with zero attached hydrogens (tertiary/aromatic N) is 2. The van der Waals surface area contributed by atoms with Crippen molar-refractivity contribution in [3.8, 4) is 0 Å². The predicted molar refractivity (Wildman–Crippen MR) is 228 cm³/mol. The van der Waals surface area contributed by atoms with Crippen LogP contribution in [0.5, 0.6) is 0 Å². The second-order valence-electron chi connectivity index (χ2n) is 18.7. The first kappa shape index (κ1) is 43.6. The molecule has 0 unspecified atom stereocenters. The number of fused-ring (bicyclic) bond motifs is 2. The number of aromatic amines is 1. The van der Waals surface area contributed by atoms with Crippen LogP contribution in [0.1, 0.15) is 105 Å². The third-order valence-electron chi connectivity index (χ3n) is 12.5. The fourth-order valence-corrected chi connectivity index (χ4v) is 9.76. The van der Waals surface area contributed by atoms with Gasteiger partial charge in [-0.1, -0.05) is 95.8 Å². The van der Waals surface area contributed by atoms with Crippen molar-refractivity contribution in [2.75, 3.05) is 13.1 Å². The lowest BCUT2D eigenvalue weighted by molar-refractivity contribution is -0.134. The molecule has 1 aliphatic carbocycles. The zero-order chi connectivity index (χ0) is 40.6. The summed E-state index contributed by atoms with van der Waals surface area (Å²) in [5.74, 6) is 0.955.